The summed E-state index contributed by atoms with van der Waals surface area (Å²) in [5.41, 5.74) is 2.52. The molecule has 3 heterocycles. The molecular formula is C26H37N5O4. The van der Waals surface area contributed by atoms with Crippen molar-refractivity contribution in [3.8, 4) is 17.1 Å². The molecule has 1 N–H and O–H groups in total. The third-order valence-electron chi connectivity index (χ3n) is 6.97. The maximum atomic E-state index is 13.1. The first-order valence-corrected chi connectivity index (χ1v) is 12.5. The van der Waals surface area contributed by atoms with Gasteiger partial charge in [0.05, 0.1) is 25.3 Å². The predicted octanol–water partition coefficient (Wildman–Crippen LogP) is 2.05. The largest absolute Gasteiger partial charge is 0.491 e. The van der Waals surface area contributed by atoms with Crippen LogP contribution >= 0.6 is 0 Å². The zero-order valence-corrected chi connectivity index (χ0v) is 21.2. The Balaban J connectivity index is 1.51. The summed E-state index contributed by atoms with van der Waals surface area (Å²) in [5.74, 6) is 1.92. The number of fused-ring (bicyclic) bond motifs is 3. The Hall–Kier alpha value is -2.91. The van der Waals surface area contributed by atoms with Crippen LogP contribution in [0.25, 0.3) is 11.4 Å². The number of hydrogen-bond acceptors (Lipinski definition) is 6. The summed E-state index contributed by atoms with van der Waals surface area (Å²) in [6.07, 6.45) is 3.80. The molecule has 190 valence electrons. The lowest BCUT2D eigenvalue weighted by Crippen LogP contribution is -2.40. The van der Waals surface area contributed by atoms with E-state index in [1.807, 2.05) is 18.4 Å². The summed E-state index contributed by atoms with van der Waals surface area (Å²) >= 11 is 0. The molecule has 0 atom stereocenters. The van der Waals surface area contributed by atoms with Crippen molar-refractivity contribution in [2.75, 3.05) is 53.5 Å². The van der Waals surface area contributed by atoms with Crippen LogP contribution in [0.3, 0.4) is 0 Å². The van der Waals surface area contributed by atoms with E-state index in [1.165, 1.54) is 5.56 Å². The lowest BCUT2D eigenvalue weighted by atomic mass is 9.88. The van der Waals surface area contributed by atoms with E-state index in [0.29, 0.717) is 31.3 Å². The van der Waals surface area contributed by atoms with Gasteiger partial charge in [-0.15, -0.1) is 0 Å². The van der Waals surface area contributed by atoms with Crippen LogP contribution in [0.5, 0.6) is 5.75 Å². The minimum Gasteiger partial charge on any atom is -0.491 e. The molecule has 0 spiro atoms. The molecule has 4 rings (SSSR count). The van der Waals surface area contributed by atoms with Gasteiger partial charge in [-0.1, -0.05) is 6.07 Å². The van der Waals surface area contributed by atoms with Crippen molar-refractivity contribution < 1.29 is 19.4 Å². The van der Waals surface area contributed by atoms with Crippen molar-refractivity contribution in [3.63, 3.8) is 0 Å². The number of likely N-dealkylation sites (N-methyl/N-ethyl adjacent to an activating group) is 1. The van der Waals surface area contributed by atoms with Gasteiger partial charge in [0, 0.05) is 32.9 Å². The highest BCUT2D eigenvalue weighted by Gasteiger charge is 2.27. The minimum absolute atomic E-state index is 0.0262. The highest BCUT2D eigenvalue weighted by molar-refractivity contribution is 5.93. The second-order valence-electron chi connectivity index (χ2n) is 9.90. The third kappa shape index (κ3) is 5.51. The topological polar surface area (TPSA) is 91.1 Å². The number of aliphatic hydroxyl groups excluding tert-OH is 1. The fraction of sp³-hybridized carbons (Fsp3) is 0.577. The first-order chi connectivity index (χ1) is 16.8. The number of piperidine rings is 1. The van der Waals surface area contributed by atoms with E-state index in [-0.39, 0.29) is 31.0 Å². The Kier molecular flexibility index (Phi) is 7.76. The second kappa shape index (κ2) is 10.8. The van der Waals surface area contributed by atoms with E-state index in [1.54, 1.807) is 30.1 Å². The van der Waals surface area contributed by atoms with Crippen LogP contribution in [0, 0.1) is 0 Å². The Morgan fingerprint density at radius 2 is 1.94 bits per heavy atom. The van der Waals surface area contributed by atoms with Crippen molar-refractivity contribution in [2.24, 2.45) is 0 Å². The van der Waals surface area contributed by atoms with Gasteiger partial charge in [-0.2, -0.15) is 0 Å². The van der Waals surface area contributed by atoms with Crippen molar-refractivity contribution in [3.05, 3.63) is 35.7 Å². The molecule has 1 aromatic heterocycles. The fourth-order valence-electron chi connectivity index (χ4n) is 4.86. The van der Waals surface area contributed by atoms with Crippen LogP contribution in [-0.2, 0) is 11.3 Å². The monoisotopic (exact) mass is 483 g/mol. The molecule has 2 aliphatic heterocycles. The zero-order chi connectivity index (χ0) is 25.1. The molecule has 0 bridgehead atoms. The maximum Gasteiger partial charge on any atom is 0.274 e. The highest BCUT2D eigenvalue weighted by Crippen LogP contribution is 2.37. The smallest absolute Gasteiger partial charge is 0.274 e. The van der Waals surface area contributed by atoms with Gasteiger partial charge < -0.3 is 24.2 Å². The number of carbonyl (C=O) groups excluding carboxylic acids is 2. The summed E-state index contributed by atoms with van der Waals surface area (Å²) in [4.78, 5) is 35.3. The molecule has 0 unspecified atom stereocenters. The Morgan fingerprint density at radius 3 is 2.60 bits per heavy atom. The van der Waals surface area contributed by atoms with E-state index >= 15 is 0 Å². The molecule has 0 radical (unpaired) electrons. The third-order valence-corrected chi connectivity index (χ3v) is 6.97. The van der Waals surface area contributed by atoms with Crippen LogP contribution in [0.1, 0.15) is 48.7 Å². The van der Waals surface area contributed by atoms with E-state index in [2.05, 4.69) is 23.1 Å². The Bertz CT molecular complexity index is 1060. The zero-order valence-electron chi connectivity index (χ0n) is 21.2. The Morgan fingerprint density at radius 1 is 1.20 bits per heavy atom. The first kappa shape index (κ1) is 25.2. The van der Waals surface area contributed by atoms with Crippen molar-refractivity contribution in [1.82, 2.24) is 24.3 Å². The van der Waals surface area contributed by atoms with Gasteiger partial charge in [-0.3, -0.25) is 14.5 Å². The molecule has 35 heavy (non-hydrogen) atoms. The Labute approximate surface area is 207 Å². The van der Waals surface area contributed by atoms with Crippen molar-refractivity contribution in [2.45, 2.75) is 45.2 Å². The molecule has 0 saturated carbocycles. The lowest BCUT2D eigenvalue weighted by molar-refractivity contribution is -0.130. The number of carbonyl (C=O) groups is 2. The molecule has 9 heteroatoms. The van der Waals surface area contributed by atoms with Crippen LogP contribution in [0.4, 0.5) is 0 Å². The molecule has 2 aromatic rings. The van der Waals surface area contributed by atoms with Gasteiger partial charge in [0.15, 0.2) is 0 Å². The number of aliphatic hydroxyl groups is 1. The van der Waals surface area contributed by atoms with E-state index < -0.39 is 0 Å². The number of hydrogen-bond donors (Lipinski definition) is 1. The number of amides is 2. The summed E-state index contributed by atoms with van der Waals surface area (Å²) in [6.45, 7) is 7.46. The second-order valence-corrected chi connectivity index (χ2v) is 9.90. The van der Waals surface area contributed by atoms with Gasteiger partial charge in [-0.25, -0.2) is 4.98 Å². The van der Waals surface area contributed by atoms with Crippen molar-refractivity contribution in [1.29, 1.82) is 0 Å². The number of imidazole rings is 1. The summed E-state index contributed by atoms with van der Waals surface area (Å²) < 4.78 is 8.08. The van der Waals surface area contributed by atoms with Gasteiger partial charge >= 0.3 is 0 Å². The molecule has 1 aromatic carbocycles. The molecule has 9 nitrogen and oxygen atoms in total. The highest BCUT2D eigenvalue weighted by atomic mass is 16.5. The van der Waals surface area contributed by atoms with E-state index in [9.17, 15) is 14.7 Å². The number of aromatic nitrogens is 2. The molecule has 1 fully saturated rings. The first-order valence-electron chi connectivity index (χ1n) is 12.5. The average molecular weight is 484 g/mol. The standard InChI is InChI=1S/C26H37N5O4/c1-18(2)31(11-13-32)26(34)22-16-30-12-14-35-23-15-20(5-6-21(23)25(30)27-22)19-7-9-29(10-8-19)17-24(33)28(3)4/h5-6,15-16,18-19,32H,7-14,17H2,1-4H3. The van der Waals surface area contributed by atoms with E-state index in [4.69, 9.17) is 9.72 Å². The molecular weight excluding hydrogens is 446 g/mol. The minimum atomic E-state index is -0.173. The number of nitrogens with zero attached hydrogens (tertiary/aromatic N) is 5. The molecule has 0 aliphatic carbocycles. The number of likely N-dealkylation sites (tertiary alicyclic amines) is 1. The van der Waals surface area contributed by atoms with Crippen LogP contribution in [-0.4, -0.2) is 101 Å². The summed E-state index contributed by atoms with van der Waals surface area (Å²) in [6, 6.07) is 6.30. The fourth-order valence-corrected chi connectivity index (χ4v) is 4.86. The van der Waals surface area contributed by atoms with E-state index in [0.717, 1.165) is 43.1 Å². The summed E-state index contributed by atoms with van der Waals surface area (Å²) in [7, 11) is 3.59. The van der Waals surface area contributed by atoms with Crippen molar-refractivity contribution >= 4 is 11.8 Å². The maximum absolute atomic E-state index is 13.1. The average Bonchev–Trinajstić information content (AvgIpc) is 3.18. The quantitative estimate of drug-likeness (QED) is 0.648. The summed E-state index contributed by atoms with van der Waals surface area (Å²) in [5, 5.41) is 9.36. The predicted molar refractivity (Wildman–Crippen MR) is 134 cm³/mol. The lowest BCUT2D eigenvalue weighted by Gasteiger charge is -2.32. The van der Waals surface area contributed by atoms with Gasteiger partial charge in [-0.05, 0) is 63.4 Å². The van der Waals surface area contributed by atoms with Gasteiger partial charge in [0.2, 0.25) is 5.91 Å². The van der Waals surface area contributed by atoms with Crippen LogP contribution in [0.2, 0.25) is 0 Å². The number of ether oxygens (including phenoxy) is 1. The van der Waals surface area contributed by atoms with Crippen LogP contribution in [0.15, 0.2) is 24.4 Å². The molecule has 2 amide bonds. The number of benzene rings is 1. The molecule has 2 aliphatic rings. The molecule has 1 saturated heterocycles. The SMILES string of the molecule is CC(C)N(CCO)C(=O)c1cn2c(n1)-c1ccc(C3CCN(CC(=O)N(C)C)CC3)cc1OCC2. The normalized spacial score (nSPS) is 16.3. The van der Waals surface area contributed by atoms with Gasteiger partial charge in [0.1, 0.15) is 23.9 Å². The number of rotatable bonds is 7. The van der Waals surface area contributed by atoms with Crippen LogP contribution < -0.4 is 4.74 Å². The van der Waals surface area contributed by atoms with Gasteiger partial charge in [0.25, 0.3) is 5.91 Å².